The van der Waals surface area contributed by atoms with Gasteiger partial charge in [0.1, 0.15) is 17.1 Å². The number of halogens is 1. The highest BCUT2D eigenvalue weighted by atomic mass is 35.5. The molecule has 0 aliphatic rings. The van der Waals surface area contributed by atoms with E-state index >= 15 is 0 Å². The number of rotatable bonds is 7. The molecule has 2 aromatic carbocycles. The summed E-state index contributed by atoms with van der Waals surface area (Å²) in [5.74, 6) is 0.218. The van der Waals surface area contributed by atoms with Crippen LogP contribution in [0.15, 0.2) is 60.9 Å². The number of nitrogens with zero attached hydrogens (tertiary/aromatic N) is 3. The Labute approximate surface area is 171 Å². The number of methoxy groups -OCH3 is 2. The summed E-state index contributed by atoms with van der Waals surface area (Å²) in [4.78, 5) is 24.1. The van der Waals surface area contributed by atoms with Gasteiger partial charge in [0, 0.05) is 5.56 Å². The van der Waals surface area contributed by atoms with Crippen LogP contribution in [-0.4, -0.2) is 35.1 Å². The molecule has 0 N–H and O–H groups in total. The minimum Gasteiger partial charge on any atom is -0.503 e. The molecule has 3 rings (SSSR count). The number of benzene rings is 2. The number of carbonyl (C=O) groups excluding carboxylic acids is 1. The van der Waals surface area contributed by atoms with E-state index in [0.717, 1.165) is 0 Å². The second-order valence-electron chi connectivity index (χ2n) is 5.44. The van der Waals surface area contributed by atoms with Crippen molar-refractivity contribution >= 4 is 23.1 Å². The lowest BCUT2D eigenvalue weighted by Gasteiger charge is -2.12. The van der Waals surface area contributed by atoms with Crippen LogP contribution in [-0.2, 0) is 14.3 Å². The van der Waals surface area contributed by atoms with E-state index in [1.54, 1.807) is 36.4 Å². The zero-order valence-electron chi connectivity index (χ0n) is 15.5. The Kier molecular flexibility index (Phi) is 6.59. The first-order chi connectivity index (χ1) is 14.1. The molecule has 0 unspecified atom stereocenters. The van der Waals surface area contributed by atoms with Crippen molar-refractivity contribution in [3.63, 3.8) is 0 Å². The van der Waals surface area contributed by atoms with Crippen LogP contribution in [0.25, 0.3) is 5.57 Å². The van der Waals surface area contributed by atoms with Gasteiger partial charge in [-0.15, -0.1) is 4.98 Å². The second-order valence-corrected chi connectivity index (χ2v) is 5.78. The van der Waals surface area contributed by atoms with Crippen LogP contribution < -0.4 is 9.47 Å². The third-order valence-corrected chi connectivity index (χ3v) is 3.71. The third kappa shape index (κ3) is 5.20. The van der Waals surface area contributed by atoms with E-state index < -0.39 is 5.97 Å². The van der Waals surface area contributed by atoms with Crippen molar-refractivity contribution in [3.05, 3.63) is 71.7 Å². The van der Waals surface area contributed by atoms with Gasteiger partial charge in [-0.05, 0) is 29.8 Å². The zero-order valence-corrected chi connectivity index (χ0v) is 16.3. The van der Waals surface area contributed by atoms with Gasteiger partial charge in [-0.3, -0.25) is 0 Å². The normalized spacial score (nSPS) is 10.9. The Hall–Kier alpha value is -3.65. The Morgan fingerprint density at radius 3 is 2.24 bits per heavy atom. The second kappa shape index (κ2) is 9.52. The van der Waals surface area contributed by atoms with E-state index in [-0.39, 0.29) is 28.6 Å². The van der Waals surface area contributed by atoms with Gasteiger partial charge in [0.15, 0.2) is 0 Å². The standard InChI is InChI=1S/C20H16ClN3O5/c1-26-12-15(17(25)27-2)14-10-6-7-11-16(14)29-20-23-18(21)22-19(24-20)28-13-8-4-3-5-9-13/h3-12H,1-2H3. The van der Waals surface area contributed by atoms with Crippen molar-refractivity contribution in [1.82, 2.24) is 15.0 Å². The van der Waals surface area contributed by atoms with Crippen LogP contribution in [0.1, 0.15) is 5.56 Å². The molecule has 0 aliphatic carbocycles. The van der Waals surface area contributed by atoms with E-state index in [9.17, 15) is 4.79 Å². The van der Waals surface area contributed by atoms with Gasteiger partial charge in [0.2, 0.25) is 5.28 Å². The topological polar surface area (TPSA) is 92.7 Å². The maximum absolute atomic E-state index is 12.1. The van der Waals surface area contributed by atoms with Crippen molar-refractivity contribution in [2.45, 2.75) is 0 Å². The molecule has 0 spiro atoms. The molecule has 0 radical (unpaired) electrons. The number of hydrogen-bond acceptors (Lipinski definition) is 8. The summed E-state index contributed by atoms with van der Waals surface area (Å²) in [5.41, 5.74) is 0.578. The van der Waals surface area contributed by atoms with Crippen molar-refractivity contribution in [1.29, 1.82) is 0 Å². The maximum atomic E-state index is 12.1. The summed E-state index contributed by atoms with van der Waals surface area (Å²) in [6.45, 7) is 0. The van der Waals surface area contributed by atoms with Crippen LogP contribution in [0.4, 0.5) is 0 Å². The molecule has 148 valence electrons. The van der Waals surface area contributed by atoms with Crippen molar-refractivity contribution < 1.29 is 23.7 Å². The Bertz CT molecular complexity index is 1030. The first-order valence-electron chi connectivity index (χ1n) is 8.33. The molecule has 0 atom stereocenters. The minimum atomic E-state index is -0.593. The SMILES string of the molecule is COC=C(C(=O)OC)c1ccccc1Oc1nc(Cl)nc(Oc2ccccc2)n1. The molecule has 29 heavy (non-hydrogen) atoms. The summed E-state index contributed by atoms with van der Waals surface area (Å²) in [6, 6.07) is 15.6. The van der Waals surface area contributed by atoms with E-state index in [2.05, 4.69) is 15.0 Å². The highest BCUT2D eigenvalue weighted by molar-refractivity contribution is 6.28. The van der Waals surface area contributed by atoms with Gasteiger partial charge in [0.25, 0.3) is 0 Å². The first kappa shape index (κ1) is 20.1. The summed E-state index contributed by atoms with van der Waals surface area (Å²) in [5, 5.41) is -0.112. The zero-order chi connectivity index (χ0) is 20.6. The molecular formula is C20H16ClN3O5. The molecule has 0 bridgehead atoms. The Morgan fingerprint density at radius 2 is 1.55 bits per heavy atom. The molecule has 0 aliphatic heterocycles. The molecule has 0 saturated carbocycles. The predicted octanol–water partition coefficient (Wildman–Crippen LogP) is 4.27. The van der Waals surface area contributed by atoms with Gasteiger partial charge in [0.05, 0.1) is 20.5 Å². The Morgan fingerprint density at radius 1 is 0.897 bits per heavy atom. The monoisotopic (exact) mass is 413 g/mol. The summed E-state index contributed by atoms with van der Waals surface area (Å²) in [7, 11) is 2.69. The average molecular weight is 414 g/mol. The van der Waals surface area contributed by atoms with Crippen LogP contribution in [0, 0.1) is 0 Å². The fourth-order valence-corrected chi connectivity index (χ4v) is 2.47. The largest absolute Gasteiger partial charge is 0.503 e. The average Bonchev–Trinajstić information content (AvgIpc) is 2.72. The van der Waals surface area contributed by atoms with Crippen LogP contribution in [0.2, 0.25) is 5.28 Å². The molecule has 8 nitrogen and oxygen atoms in total. The lowest BCUT2D eigenvalue weighted by molar-refractivity contribution is -0.133. The number of esters is 1. The third-order valence-electron chi connectivity index (χ3n) is 3.54. The summed E-state index contributed by atoms with van der Waals surface area (Å²) < 4.78 is 21.1. The lowest BCUT2D eigenvalue weighted by atomic mass is 10.1. The van der Waals surface area contributed by atoms with Crippen molar-refractivity contribution in [2.75, 3.05) is 14.2 Å². The minimum absolute atomic E-state index is 0.0377. The molecule has 0 fully saturated rings. The highest BCUT2D eigenvalue weighted by Gasteiger charge is 2.19. The highest BCUT2D eigenvalue weighted by Crippen LogP contribution is 2.31. The molecular weight excluding hydrogens is 398 g/mol. The maximum Gasteiger partial charge on any atom is 0.341 e. The molecule has 3 aromatic rings. The lowest BCUT2D eigenvalue weighted by Crippen LogP contribution is -2.06. The molecule has 0 amide bonds. The van der Waals surface area contributed by atoms with Gasteiger partial charge in [-0.25, -0.2) is 4.79 Å². The Balaban J connectivity index is 1.93. The van der Waals surface area contributed by atoms with Crippen molar-refractivity contribution in [3.8, 4) is 23.5 Å². The fraction of sp³-hybridized carbons (Fsp3) is 0.100. The molecule has 1 heterocycles. The van der Waals surface area contributed by atoms with Crippen LogP contribution in [0.5, 0.6) is 23.5 Å². The van der Waals surface area contributed by atoms with Crippen LogP contribution >= 0.6 is 11.6 Å². The molecule has 0 saturated heterocycles. The number of ether oxygens (including phenoxy) is 4. The van der Waals surface area contributed by atoms with Gasteiger partial charge < -0.3 is 18.9 Å². The number of aromatic nitrogens is 3. The number of carbonyl (C=O) groups is 1. The van der Waals surface area contributed by atoms with E-state index in [0.29, 0.717) is 11.3 Å². The molecule has 1 aromatic heterocycles. The smallest absolute Gasteiger partial charge is 0.341 e. The van der Waals surface area contributed by atoms with Crippen LogP contribution in [0.3, 0.4) is 0 Å². The van der Waals surface area contributed by atoms with E-state index in [1.807, 2.05) is 18.2 Å². The number of para-hydroxylation sites is 2. The van der Waals surface area contributed by atoms with E-state index in [1.165, 1.54) is 20.5 Å². The van der Waals surface area contributed by atoms with Gasteiger partial charge >= 0.3 is 18.0 Å². The fourth-order valence-electron chi connectivity index (χ4n) is 2.33. The predicted molar refractivity (Wildman–Crippen MR) is 105 cm³/mol. The van der Waals surface area contributed by atoms with Crippen molar-refractivity contribution in [2.24, 2.45) is 0 Å². The van der Waals surface area contributed by atoms with Gasteiger partial charge in [-0.1, -0.05) is 36.4 Å². The molecule has 9 heteroatoms. The first-order valence-corrected chi connectivity index (χ1v) is 8.71. The summed E-state index contributed by atoms with van der Waals surface area (Å²) >= 11 is 5.98. The van der Waals surface area contributed by atoms with E-state index in [4.69, 9.17) is 30.5 Å². The summed E-state index contributed by atoms with van der Waals surface area (Å²) in [6.07, 6.45) is 1.26. The van der Waals surface area contributed by atoms with Gasteiger partial charge in [-0.2, -0.15) is 9.97 Å². The quantitative estimate of drug-likeness (QED) is 0.322. The number of hydrogen-bond donors (Lipinski definition) is 0.